The standard InChI is InChI=1S/C11H12N2O2/c1-7-4-2-3-5-8(7)9-6-10(14)13-11(15)12-9/h2-5,9H,6H2,1H3,(H2,12,13,14,15)/t9-/m1/s1. The number of benzene rings is 1. The molecule has 1 aromatic rings. The van der Waals surface area contributed by atoms with Crippen molar-refractivity contribution in [2.24, 2.45) is 0 Å². The molecule has 0 spiro atoms. The van der Waals surface area contributed by atoms with E-state index in [1.54, 1.807) is 0 Å². The molecule has 1 heterocycles. The highest BCUT2D eigenvalue weighted by molar-refractivity contribution is 5.97. The maximum Gasteiger partial charge on any atom is 0.321 e. The Kier molecular flexibility index (Phi) is 2.41. The molecule has 78 valence electrons. The fourth-order valence-electron chi connectivity index (χ4n) is 1.77. The average Bonchev–Trinajstić information content (AvgIpc) is 2.16. The van der Waals surface area contributed by atoms with Crippen LogP contribution in [0, 0.1) is 6.92 Å². The van der Waals surface area contributed by atoms with Crippen LogP contribution in [-0.2, 0) is 4.79 Å². The zero-order valence-corrected chi connectivity index (χ0v) is 8.41. The second-order valence-electron chi connectivity index (χ2n) is 3.63. The van der Waals surface area contributed by atoms with Gasteiger partial charge in [0, 0.05) is 0 Å². The van der Waals surface area contributed by atoms with E-state index >= 15 is 0 Å². The molecule has 15 heavy (non-hydrogen) atoms. The molecule has 1 atom stereocenters. The van der Waals surface area contributed by atoms with Gasteiger partial charge in [-0.1, -0.05) is 24.3 Å². The molecule has 2 N–H and O–H groups in total. The van der Waals surface area contributed by atoms with Crippen molar-refractivity contribution in [1.29, 1.82) is 0 Å². The van der Waals surface area contributed by atoms with Gasteiger partial charge < -0.3 is 5.32 Å². The zero-order chi connectivity index (χ0) is 10.8. The summed E-state index contributed by atoms with van der Waals surface area (Å²) in [5, 5.41) is 4.94. The van der Waals surface area contributed by atoms with Gasteiger partial charge in [-0.15, -0.1) is 0 Å². The van der Waals surface area contributed by atoms with Gasteiger partial charge in [0.05, 0.1) is 12.5 Å². The van der Waals surface area contributed by atoms with Crippen molar-refractivity contribution < 1.29 is 9.59 Å². The van der Waals surface area contributed by atoms with Crippen LogP contribution in [-0.4, -0.2) is 11.9 Å². The highest BCUT2D eigenvalue weighted by atomic mass is 16.2. The van der Waals surface area contributed by atoms with Crippen molar-refractivity contribution >= 4 is 11.9 Å². The van der Waals surface area contributed by atoms with Crippen molar-refractivity contribution in [3.05, 3.63) is 35.4 Å². The van der Waals surface area contributed by atoms with Crippen LogP contribution in [0.15, 0.2) is 24.3 Å². The molecule has 4 nitrogen and oxygen atoms in total. The molecular weight excluding hydrogens is 192 g/mol. The molecule has 0 radical (unpaired) electrons. The highest BCUT2D eigenvalue weighted by Gasteiger charge is 2.25. The van der Waals surface area contributed by atoms with Crippen molar-refractivity contribution in [2.75, 3.05) is 0 Å². The van der Waals surface area contributed by atoms with Crippen molar-refractivity contribution in [3.63, 3.8) is 0 Å². The Labute approximate surface area is 87.7 Å². The molecule has 0 bridgehead atoms. The zero-order valence-electron chi connectivity index (χ0n) is 8.41. The fraction of sp³-hybridized carbons (Fsp3) is 0.273. The summed E-state index contributed by atoms with van der Waals surface area (Å²) in [6.45, 7) is 1.97. The minimum absolute atomic E-state index is 0.201. The summed E-state index contributed by atoms with van der Waals surface area (Å²) in [5.74, 6) is -0.230. The Morgan fingerprint density at radius 2 is 2.00 bits per heavy atom. The lowest BCUT2D eigenvalue weighted by Crippen LogP contribution is -2.48. The van der Waals surface area contributed by atoms with E-state index in [1.165, 1.54) is 0 Å². The van der Waals surface area contributed by atoms with Crippen LogP contribution in [0.4, 0.5) is 4.79 Å². The van der Waals surface area contributed by atoms with Crippen molar-refractivity contribution in [3.8, 4) is 0 Å². The molecule has 0 aromatic heterocycles. The van der Waals surface area contributed by atoms with E-state index in [4.69, 9.17) is 0 Å². The largest absolute Gasteiger partial charge is 0.330 e. The summed E-state index contributed by atoms with van der Waals surface area (Å²) in [7, 11) is 0. The van der Waals surface area contributed by atoms with E-state index < -0.39 is 6.03 Å². The predicted molar refractivity (Wildman–Crippen MR) is 55.2 cm³/mol. The molecule has 0 aliphatic carbocycles. The number of imide groups is 1. The first-order valence-corrected chi connectivity index (χ1v) is 4.82. The molecule has 4 heteroatoms. The summed E-state index contributed by atoms with van der Waals surface area (Å²) in [5.41, 5.74) is 2.08. The van der Waals surface area contributed by atoms with Gasteiger partial charge in [-0.05, 0) is 18.1 Å². The Hall–Kier alpha value is -1.84. The predicted octanol–water partition coefficient (Wildman–Crippen LogP) is 1.27. The van der Waals surface area contributed by atoms with Crippen LogP contribution in [0.25, 0.3) is 0 Å². The van der Waals surface area contributed by atoms with E-state index in [0.717, 1.165) is 11.1 Å². The monoisotopic (exact) mass is 204 g/mol. The van der Waals surface area contributed by atoms with E-state index in [9.17, 15) is 9.59 Å². The van der Waals surface area contributed by atoms with Crippen molar-refractivity contribution in [2.45, 2.75) is 19.4 Å². The lowest BCUT2D eigenvalue weighted by Gasteiger charge is -2.24. The van der Waals surface area contributed by atoms with E-state index in [0.29, 0.717) is 6.42 Å². The third-order valence-electron chi connectivity index (χ3n) is 2.51. The number of rotatable bonds is 1. The number of amides is 3. The van der Waals surface area contributed by atoms with Crippen LogP contribution in [0.3, 0.4) is 0 Å². The number of nitrogens with one attached hydrogen (secondary N) is 2. The third kappa shape index (κ3) is 1.98. The molecule has 2 rings (SSSR count). The summed E-state index contributed by atoms with van der Waals surface area (Å²) in [6.07, 6.45) is 0.302. The number of aryl methyl sites for hydroxylation is 1. The molecule has 1 fully saturated rings. The molecule has 1 aliphatic rings. The second kappa shape index (κ2) is 3.73. The van der Waals surface area contributed by atoms with Crippen LogP contribution < -0.4 is 10.6 Å². The van der Waals surface area contributed by atoms with Gasteiger partial charge in [0.15, 0.2) is 0 Å². The average molecular weight is 204 g/mol. The minimum Gasteiger partial charge on any atom is -0.330 e. The Morgan fingerprint density at radius 3 is 2.67 bits per heavy atom. The van der Waals surface area contributed by atoms with Crippen LogP contribution in [0.5, 0.6) is 0 Å². The lowest BCUT2D eigenvalue weighted by molar-refractivity contribution is -0.121. The smallest absolute Gasteiger partial charge is 0.321 e. The quantitative estimate of drug-likeness (QED) is 0.723. The lowest BCUT2D eigenvalue weighted by atomic mass is 9.98. The summed E-state index contributed by atoms with van der Waals surface area (Å²) >= 11 is 0. The van der Waals surface area contributed by atoms with Crippen molar-refractivity contribution in [1.82, 2.24) is 10.6 Å². The van der Waals surface area contributed by atoms with Gasteiger partial charge in [0.2, 0.25) is 5.91 Å². The number of urea groups is 1. The summed E-state index contributed by atoms with van der Waals surface area (Å²) in [4.78, 5) is 22.3. The van der Waals surface area contributed by atoms with Gasteiger partial charge in [-0.25, -0.2) is 4.79 Å². The van der Waals surface area contributed by atoms with Crippen LogP contribution in [0.2, 0.25) is 0 Å². The normalized spacial score (nSPS) is 20.7. The topological polar surface area (TPSA) is 58.2 Å². The first-order valence-electron chi connectivity index (χ1n) is 4.82. The van der Waals surface area contributed by atoms with Gasteiger partial charge >= 0.3 is 6.03 Å². The third-order valence-corrected chi connectivity index (χ3v) is 2.51. The Bertz CT molecular complexity index is 399. The van der Waals surface area contributed by atoms with Crippen LogP contribution in [0.1, 0.15) is 23.6 Å². The summed E-state index contributed by atoms with van der Waals surface area (Å²) < 4.78 is 0. The van der Waals surface area contributed by atoms with Gasteiger partial charge in [0.25, 0.3) is 0 Å². The maximum absolute atomic E-state index is 11.2. The van der Waals surface area contributed by atoms with E-state index in [-0.39, 0.29) is 11.9 Å². The molecule has 3 amide bonds. The fourth-order valence-corrected chi connectivity index (χ4v) is 1.77. The van der Waals surface area contributed by atoms with Gasteiger partial charge in [-0.2, -0.15) is 0 Å². The molecule has 0 unspecified atom stereocenters. The Balaban J connectivity index is 2.27. The molecule has 1 saturated heterocycles. The summed E-state index contributed by atoms with van der Waals surface area (Å²) in [6, 6.07) is 7.12. The number of hydrogen-bond acceptors (Lipinski definition) is 2. The molecular formula is C11H12N2O2. The van der Waals surface area contributed by atoms with Gasteiger partial charge in [-0.3, -0.25) is 10.1 Å². The number of hydrogen-bond donors (Lipinski definition) is 2. The Morgan fingerprint density at radius 1 is 1.27 bits per heavy atom. The number of carbonyl (C=O) groups excluding carboxylic acids is 2. The van der Waals surface area contributed by atoms with E-state index in [2.05, 4.69) is 10.6 Å². The van der Waals surface area contributed by atoms with Crippen LogP contribution >= 0.6 is 0 Å². The first kappa shape index (κ1) is 9.71. The van der Waals surface area contributed by atoms with E-state index in [1.807, 2.05) is 31.2 Å². The molecule has 1 aliphatic heterocycles. The molecule has 1 aromatic carbocycles. The number of carbonyl (C=O) groups is 2. The molecule has 0 saturated carbocycles. The maximum atomic E-state index is 11.2. The minimum atomic E-state index is -0.417. The first-order chi connectivity index (χ1) is 7.16. The van der Waals surface area contributed by atoms with Gasteiger partial charge in [0.1, 0.15) is 0 Å². The highest BCUT2D eigenvalue weighted by Crippen LogP contribution is 2.21. The SMILES string of the molecule is Cc1ccccc1[C@H]1CC(=O)NC(=O)N1. The second-order valence-corrected chi connectivity index (χ2v) is 3.63.